The molecule has 148 valence electrons. The average Bonchev–Trinajstić information content (AvgIpc) is 2.71. The Hall–Kier alpha value is -2.24. The molecule has 2 aromatic rings. The fourth-order valence-corrected chi connectivity index (χ4v) is 4.31. The summed E-state index contributed by atoms with van der Waals surface area (Å²) < 4.78 is 19.6. The van der Waals surface area contributed by atoms with Crippen LogP contribution in [0.4, 0.5) is 10.1 Å². The summed E-state index contributed by atoms with van der Waals surface area (Å²) in [5.41, 5.74) is 1.69. The zero-order valence-corrected chi connectivity index (χ0v) is 16.3. The number of benzene rings is 2. The molecule has 2 saturated heterocycles. The fourth-order valence-electron chi connectivity index (χ4n) is 4.31. The maximum Gasteiger partial charge on any atom is 0.255 e. The third-order valence-corrected chi connectivity index (χ3v) is 5.93. The molecule has 0 aromatic heterocycles. The van der Waals surface area contributed by atoms with Crippen molar-refractivity contribution in [1.82, 2.24) is 4.90 Å². The summed E-state index contributed by atoms with van der Waals surface area (Å²) >= 11 is 0. The zero-order valence-electron chi connectivity index (χ0n) is 16.3. The number of carbonyl (C=O) groups is 1. The molecule has 1 atom stereocenters. The summed E-state index contributed by atoms with van der Waals surface area (Å²) in [6.45, 7) is 5.24. The van der Waals surface area contributed by atoms with Crippen molar-refractivity contribution in [2.75, 3.05) is 31.1 Å². The molecule has 0 bridgehead atoms. The second-order valence-electron chi connectivity index (χ2n) is 7.92. The van der Waals surface area contributed by atoms with Gasteiger partial charge in [-0.05, 0) is 56.0 Å². The zero-order chi connectivity index (χ0) is 19.6. The number of hydrogen-bond acceptors (Lipinski definition) is 3. The largest absolute Gasteiger partial charge is 0.360 e. The van der Waals surface area contributed by atoms with E-state index in [2.05, 4.69) is 4.90 Å². The molecule has 1 spiro atoms. The second-order valence-corrected chi connectivity index (χ2v) is 7.92. The molecule has 28 heavy (non-hydrogen) atoms. The minimum Gasteiger partial charge on any atom is -0.360 e. The van der Waals surface area contributed by atoms with Crippen LogP contribution in [0.1, 0.15) is 25.3 Å². The van der Waals surface area contributed by atoms with Gasteiger partial charge < -0.3 is 14.5 Å². The van der Waals surface area contributed by atoms with Crippen LogP contribution in [-0.4, -0.2) is 48.7 Å². The number of likely N-dealkylation sites (tertiary alicyclic amines) is 1. The van der Waals surface area contributed by atoms with Crippen molar-refractivity contribution in [2.24, 2.45) is 0 Å². The maximum absolute atomic E-state index is 13.4. The van der Waals surface area contributed by atoms with Crippen LogP contribution in [0.15, 0.2) is 54.6 Å². The highest BCUT2D eigenvalue weighted by atomic mass is 19.1. The van der Waals surface area contributed by atoms with Crippen molar-refractivity contribution >= 4 is 11.6 Å². The van der Waals surface area contributed by atoms with Crippen LogP contribution in [0.3, 0.4) is 0 Å². The molecule has 0 aliphatic carbocycles. The summed E-state index contributed by atoms with van der Waals surface area (Å²) in [5.74, 6) is -0.143. The number of hydrogen-bond donors (Lipinski definition) is 0. The first-order chi connectivity index (χ1) is 13.5. The van der Waals surface area contributed by atoms with Crippen molar-refractivity contribution in [2.45, 2.75) is 37.9 Å². The lowest BCUT2D eigenvalue weighted by Gasteiger charge is -2.49. The maximum atomic E-state index is 13.4. The number of carbonyl (C=O) groups excluding carboxylic acids is 1. The quantitative estimate of drug-likeness (QED) is 0.809. The molecular weight excluding hydrogens is 355 g/mol. The third kappa shape index (κ3) is 4.10. The molecule has 4 rings (SSSR count). The van der Waals surface area contributed by atoms with E-state index in [9.17, 15) is 9.18 Å². The minimum atomic E-state index is -0.423. The van der Waals surface area contributed by atoms with Crippen LogP contribution >= 0.6 is 0 Å². The predicted octanol–water partition coefficient (Wildman–Crippen LogP) is 3.65. The minimum absolute atomic E-state index is 0.0327. The van der Waals surface area contributed by atoms with Crippen molar-refractivity contribution in [1.29, 1.82) is 0 Å². The van der Waals surface area contributed by atoms with Crippen LogP contribution in [0, 0.1) is 5.82 Å². The lowest BCUT2D eigenvalue weighted by molar-refractivity contribution is -0.161. The number of ether oxygens (including phenoxy) is 1. The van der Waals surface area contributed by atoms with E-state index in [1.165, 1.54) is 6.07 Å². The molecule has 2 heterocycles. The molecule has 1 amide bonds. The van der Waals surface area contributed by atoms with E-state index in [0.717, 1.165) is 50.1 Å². The van der Waals surface area contributed by atoms with E-state index in [1.54, 1.807) is 12.1 Å². The van der Waals surface area contributed by atoms with E-state index in [4.69, 9.17) is 4.74 Å². The lowest BCUT2D eigenvalue weighted by Crippen LogP contribution is -2.61. The molecule has 2 fully saturated rings. The van der Waals surface area contributed by atoms with E-state index >= 15 is 0 Å². The number of amides is 1. The van der Waals surface area contributed by atoms with E-state index in [0.29, 0.717) is 6.54 Å². The average molecular weight is 382 g/mol. The number of para-hydroxylation sites is 1. The SMILES string of the molecule is CC1OC2(CCN(CCc3cccc(F)c3)CC2)CN(c2ccccc2)C1=O. The van der Waals surface area contributed by atoms with E-state index < -0.39 is 6.10 Å². The number of piperidine rings is 1. The van der Waals surface area contributed by atoms with Gasteiger partial charge in [0.05, 0.1) is 12.1 Å². The van der Waals surface area contributed by atoms with Gasteiger partial charge in [0.2, 0.25) is 0 Å². The molecule has 2 aliphatic rings. The summed E-state index contributed by atoms with van der Waals surface area (Å²) in [5, 5.41) is 0. The van der Waals surface area contributed by atoms with Gasteiger partial charge in [-0.3, -0.25) is 4.79 Å². The lowest BCUT2D eigenvalue weighted by atomic mass is 9.88. The molecular formula is C23H27FN2O2. The number of rotatable bonds is 4. The first-order valence-electron chi connectivity index (χ1n) is 10.1. The standard InChI is InChI=1S/C23H27FN2O2/c1-18-22(27)26(21-8-3-2-4-9-21)17-23(28-18)11-14-25(15-12-23)13-10-19-6-5-7-20(24)16-19/h2-9,16,18H,10-15,17H2,1H3. The van der Waals surface area contributed by atoms with Crippen LogP contribution < -0.4 is 4.90 Å². The molecule has 0 radical (unpaired) electrons. The van der Waals surface area contributed by atoms with Gasteiger partial charge in [0.1, 0.15) is 11.9 Å². The van der Waals surface area contributed by atoms with Crippen LogP contribution in [0.5, 0.6) is 0 Å². The first-order valence-corrected chi connectivity index (χ1v) is 10.1. The van der Waals surface area contributed by atoms with Gasteiger partial charge in [0.25, 0.3) is 5.91 Å². The molecule has 2 aromatic carbocycles. The van der Waals surface area contributed by atoms with E-state index in [1.807, 2.05) is 48.2 Å². The van der Waals surface area contributed by atoms with Crippen molar-refractivity contribution in [3.05, 3.63) is 66.0 Å². The molecule has 1 unspecified atom stereocenters. The molecule has 0 N–H and O–H groups in total. The Bertz CT molecular complexity index is 818. The smallest absolute Gasteiger partial charge is 0.255 e. The van der Waals surface area contributed by atoms with Gasteiger partial charge >= 0.3 is 0 Å². The van der Waals surface area contributed by atoms with E-state index in [-0.39, 0.29) is 17.3 Å². The van der Waals surface area contributed by atoms with Crippen LogP contribution in [-0.2, 0) is 16.0 Å². The van der Waals surface area contributed by atoms with Gasteiger partial charge in [-0.1, -0.05) is 30.3 Å². The Balaban J connectivity index is 1.38. The van der Waals surface area contributed by atoms with Crippen molar-refractivity contribution in [3.63, 3.8) is 0 Å². The second kappa shape index (κ2) is 8.02. The number of nitrogens with zero attached hydrogens (tertiary/aromatic N) is 2. The molecule has 0 saturated carbocycles. The molecule has 5 heteroatoms. The van der Waals surface area contributed by atoms with Crippen LogP contribution in [0.25, 0.3) is 0 Å². The first kappa shape index (κ1) is 19.1. The summed E-state index contributed by atoms with van der Waals surface area (Å²) in [7, 11) is 0. The number of halogens is 1. The van der Waals surface area contributed by atoms with Gasteiger partial charge in [0, 0.05) is 25.3 Å². The Morgan fingerprint density at radius 1 is 1.11 bits per heavy atom. The highest BCUT2D eigenvalue weighted by Crippen LogP contribution is 2.35. The Morgan fingerprint density at radius 3 is 2.57 bits per heavy atom. The van der Waals surface area contributed by atoms with Crippen LogP contribution in [0.2, 0.25) is 0 Å². The Morgan fingerprint density at radius 2 is 1.86 bits per heavy atom. The summed E-state index contributed by atoms with van der Waals surface area (Å²) in [4.78, 5) is 17.0. The Kier molecular flexibility index (Phi) is 5.47. The predicted molar refractivity (Wildman–Crippen MR) is 108 cm³/mol. The van der Waals surface area contributed by atoms with Gasteiger partial charge in [-0.25, -0.2) is 4.39 Å². The summed E-state index contributed by atoms with van der Waals surface area (Å²) in [6, 6.07) is 16.7. The normalized spacial score (nSPS) is 22.6. The summed E-state index contributed by atoms with van der Waals surface area (Å²) in [6.07, 6.45) is 2.22. The molecule has 2 aliphatic heterocycles. The van der Waals surface area contributed by atoms with Crippen molar-refractivity contribution in [3.8, 4) is 0 Å². The highest BCUT2D eigenvalue weighted by molar-refractivity contribution is 5.97. The number of morpholine rings is 1. The van der Waals surface area contributed by atoms with Gasteiger partial charge in [0.15, 0.2) is 0 Å². The van der Waals surface area contributed by atoms with Gasteiger partial charge in [-0.2, -0.15) is 0 Å². The highest BCUT2D eigenvalue weighted by Gasteiger charge is 2.45. The molecule has 4 nitrogen and oxygen atoms in total. The monoisotopic (exact) mass is 382 g/mol. The Labute approximate surface area is 165 Å². The number of anilines is 1. The van der Waals surface area contributed by atoms with Gasteiger partial charge in [-0.15, -0.1) is 0 Å². The third-order valence-electron chi connectivity index (χ3n) is 5.93. The fraction of sp³-hybridized carbons (Fsp3) is 0.435. The topological polar surface area (TPSA) is 32.8 Å². The van der Waals surface area contributed by atoms with Crippen molar-refractivity contribution < 1.29 is 13.9 Å².